The molecule has 0 spiro atoms. The van der Waals surface area contributed by atoms with Gasteiger partial charge in [0.2, 0.25) is 11.8 Å². The van der Waals surface area contributed by atoms with Gasteiger partial charge in [-0.25, -0.2) is 44.3 Å². The van der Waals surface area contributed by atoms with Crippen LogP contribution in [0.1, 0.15) is 103 Å². The number of ketones is 2. The second kappa shape index (κ2) is 33.6. The molecule has 524 valence electrons. The molecule has 3 aliphatic rings. The SMILES string of the molecule is CC(CC(=O)CCCCCCC(=O)N[C@H](C(=O)C[C@@H](CCCNC(N)=O)C(=O)Nc1ccc(COC(=O)N(C)CCOC(=O)O[C@@H]2[C@@H]3OP(O)(=S)OC[C@H]4O[C@@H](n5cnc6c(N)ncnc65)[C@H](OP(O)(=S)OC[C@H]3O[C@H]2n2cnc3c(N)ncnc32)[C@@H]4O)cc1)C(C)C)C(=O)O. The first-order valence-electron chi connectivity index (χ1n) is 30.5. The van der Waals surface area contributed by atoms with E-state index in [1.807, 2.05) is 0 Å². The summed E-state index contributed by atoms with van der Waals surface area (Å²) in [7, 11) is 1.37. The second-order valence-corrected chi connectivity index (χ2v) is 28.9. The van der Waals surface area contributed by atoms with Gasteiger partial charge in [-0.3, -0.25) is 42.2 Å². The standard InChI is InChI=1S/C56H77N15O21P2S2/c1-29(2)39(68-38(74)12-8-6-5-7-11-34(72)20-30(3)53(77)78)35(73)21-32(10-9-17-60-54(59)79)50(76)67-33-15-13-31(14-16-33)22-85-55(80)69(4)18-19-84-56(81)90-45-43-37(89-52(45)71-28-66-41-47(58)62-26-64-49(41)71)24-87-94(83,96)92-44-42(75)36(23-86-93(82,95)91-43)88-51(44)70-27-65-40-46(57)61-25-63-48(40)70/h13-16,25-30,32,36-37,39,42-45,51-52,75H,5-12,17-24H2,1-4H3,(H,67,76)(H,68,74)(H,77,78)(H,82,95)(H,83,96)(H2,57,61,63)(H2,58,62,64)(H3,59,60,79)/t30?,32-,36-,37-,39+,42-,43-,44-,45-,51-,52-,93?,94?/m1/s1. The molecule has 0 aliphatic carbocycles. The number of amides is 5. The monoisotopic (exact) mass is 1420 g/mol. The number of aliphatic carboxylic acids is 1. The van der Waals surface area contributed by atoms with E-state index < -0.39 is 130 Å². The zero-order valence-electron chi connectivity index (χ0n) is 52.6. The van der Waals surface area contributed by atoms with E-state index in [-0.39, 0.29) is 109 Å². The fraction of sp³-hybridized carbons (Fsp3) is 0.571. The Bertz CT molecular complexity index is 3710. The number of nitrogens with two attached hydrogens (primary N) is 3. The number of carboxylic acid groups (broad SMARTS) is 1. The van der Waals surface area contributed by atoms with Crippen LogP contribution in [-0.2, 0) is 96.0 Å². The number of urea groups is 1. The number of aromatic nitrogens is 8. The second-order valence-electron chi connectivity index (χ2n) is 23.3. The molecule has 13 N–H and O–H groups in total. The maximum atomic E-state index is 13.8. The van der Waals surface area contributed by atoms with Gasteiger partial charge in [-0.05, 0) is 72.9 Å². The van der Waals surface area contributed by atoms with Crippen molar-refractivity contribution in [3.8, 4) is 0 Å². The van der Waals surface area contributed by atoms with Crippen molar-refractivity contribution in [3.63, 3.8) is 0 Å². The minimum absolute atomic E-state index is 0.0184. The molecule has 36 nitrogen and oxygen atoms in total. The predicted octanol–water partition coefficient (Wildman–Crippen LogP) is 3.15. The Morgan fingerprint density at radius 2 is 1.36 bits per heavy atom. The maximum Gasteiger partial charge on any atom is 0.508 e. The van der Waals surface area contributed by atoms with Gasteiger partial charge >= 0.3 is 37.7 Å². The molecule has 3 fully saturated rings. The number of carbonyl (C=O) groups is 8. The van der Waals surface area contributed by atoms with E-state index in [0.29, 0.717) is 43.4 Å². The van der Waals surface area contributed by atoms with E-state index in [1.54, 1.807) is 38.1 Å². The summed E-state index contributed by atoms with van der Waals surface area (Å²) in [5.74, 6) is -4.32. The van der Waals surface area contributed by atoms with E-state index in [0.717, 1.165) is 11.2 Å². The molecule has 0 radical (unpaired) electrons. The molecule has 2 bridgehead atoms. The molecular weight excluding hydrogens is 1340 g/mol. The highest BCUT2D eigenvalue weighted by molar-refractivity contribution is 8.07. The van der Waals surface area contributed by atoms with E-state index in [1.165, 1.54) is 42.1 Å². The summed E-state index contributed by atoms with van der Waals surface area (Å²) in [5, 5.41) is 28.7. The van der Waals surface area contributed by atoms with Gasteiger partial charge in [0.25, 0.3) is 0 Å². The van der Waals surface area contributed by atoms with E-state index >= 15 is 0 Å². The molecule has 3 saturated heterocycles. The molecule has 0 saturated carbocycles. The van der Waals surface area contributed by atoms with Crippen molar-refractivity contribution in [2.24, 2.45) is 23.5 Å². The number of Topliss-reactive ketones (excluding diaryl/α,β-unsaturated/α-hetero) is 2. The zero-order chi connectivity index (χ0) is 69.6. The minimum Gasteiger partial charge on any atom is -0.481 e. The van der Waals surface area contributed by atoms with Crippen LogP contribution in [0.25, 0.3) is 22.3 Å². The number of benzene rings is 1. The first-order chi connectivity index (χ1) is 45.6. The number of nitrogens with one attached hydrogen (secondary N) is 3. The summed E-state index contributed by atoms with van der Waals surface area (Å²) in [4.78, 5) is 151. The van der Waals surface area contributed by atoms with Gasteiger partial charge in [0, 0.05) is 50.9 Å². The zero-order valence-corrected chi connectivity index (χ0v) is 56.0. The lowest BCUT2D eigenvalue weighted by Gasteiger charge is -2.29. The number of carbonyl (C=O) groups excluding carboxylic acids is 7. The Hall–Kier alpha value is -7.58. The molecule has 1 aromatic carbocycles. The highest BCUT2D eigenvalue weighted by atomic mass is 32.5. The number of ether oxygens (including phenoxy) is 5. The Kier molecular flexibility index (Phi) is 26.0. The summed E-state index contributed by atoms with van der Waals surface area (Å²) in [6, 6.07) is 4.64. The number of likely N-dealkylation sites (N-methyl/N-ethyl adjacent to an activating group) is 1. The van der Waals surface area contributed by atoms with Gasteiger partial charge in [0.05, 0.1) is 44.4 Å². The summed E-state index contributed by atoms with van der Waals surface area (Å²) >= 11 is 10.9. The first kappa shape index (κ1) is 74.2. The van der Waals surface area contributed by atoms with Crippen LogP contribution in [0, 0.1) is 17.8 Å². The number of rotatable bonds is 29. The third-order valence-corrected chi connectivity index (χ3v) is 18.9. The van der Waals surface area contributed by atoms with Gasteiger partial charge < -0.3 is 90.8 Å². The van der Waals surface area contributed by atoms with Crippen molar-refractivity contribution in [1.82, 2.24) is 54.6 Å². The Morgan fingerprint density at radius 3 is 1.98 bits per heavy atom. The Balaban J connectivity index is 0.843. The number of imidazole rings is 2. The molecule has 5 amide bonds. The third-order valence-electron chi connectivity index (χ3n) is 15.8. The van der Waals surface area contributed by atoms with Crippen LogP contribution >= 0.6 is 13.4 Å². The number of hydrogen-bond acceptors (Lipinski definition) is 28. The third kappa shape index (κ3) is 20.0. The normalized spacial score (nSPS) is 24.5. The van der Waals surface area contributed by atoms with Crippen LogP contribution in [0.15, 0.2) is 49.6 Å². The van der Waals surface area contributed by atoms with Crippen LogP contribution in [-0.4, -0.2) is 194 Å². The fourth-order valence-electron chi connectivity index (χ4n) is 10.6. The number of nitrogens with zero attached hydrogens (tertiary/aromatic N) is 9. The van der Waals surface area contributed by atoms with E-state index in [2.05, 4.69) is 45.9 Å². The lowest BCUT2D eigenvalue weighted by molar-refractivity contribution is -0.143. The molecule has 96 heavy (non-hydrogen) atoms. The number of aliphatic hydroxyl groups excluding tert-OH is 1. The van der Waals surface area contributed by atoms with Gasteiger partial charge in [0.1, 0.15) is 73.2 Å². The number of carboxylic acids is 1. The van der Waals surface area contributed by atoms with Crippen molar-refractivity contribution < 1.29 is 100 Å². The van der Waals surface area contributed by atoms with Crippen molar-refractivity contribution in [2.45, 2.75) is 147 Å². The average Bonchev–Trinajstić information content (AvgIpc) is 1.61. The van der Waals surface area contributed by atoms with Crippen LogP contribution in [0.4, 0.5) is 31.7 Å². The van der Waals surface area contributed by atoms with E-state index in [4.69, 9.17) is 87.7 Å². The van der Waals surface area contributed by atoms with Crippen molar-refractivity contribution >= 4 is 124 Å². The summed E-state index contributed by atoms with van der Waals surface area (Å²) in [6.45, 7) is -6.02. The lowest BCUT2D eigenvalue weighted by atomic mass is 9.89. The van der Waals surface area contributed by atoms with Gasteiger partial charge in [-0.1, -0.05) is 45.7 Å². The number of fused-ring (bicyclic) bond motifs is 5. The van der Waals surface area contributed by atoms with Crippen molar-refractivity contribution in [2.75, 3.05) is 56.7 Å². The number of nitrogen functional groups attached to an aromatic ring is 2. The first-order valence-corrected chi connectivity index (χ1v) is 35.6. The number of anilines is 3. The minimum atomic E-state index is -4.49. The fourth-order valence-corrected chi connectivity index (χ4v) is 13.5. The molecule has 13 atom stereocenters. The quantitative estimate of drug-likeness (QED) is 0.0187. The number of unbranched alkanes of at least 4 members (excludes halogenated alkanes) is 3. The van der Waals surface area contributed by atoms with Gasteiger partial charge in [-0.2, -0.15) is 0 Å². The number of primary amides is 1. The predicted molar refractivity (Wildman–Crippen MR) is 343 cm³/mol. The Morgan fingerprint density at radius 1 is 0.771 bits per heavy atom. The lowest BCUT2D eigenvalue weighted by Crippen LogP contribution is -2.45. The van der Waals surface area contributed by atoms with Crippen molar-refractivity contribution in [1.29, 1.82) is 0 Å². The highest BCUT2D eigenvalue weighted by Crippen LogP contribution is 2.54. The summed E-state index contributed by atoms with van der Waals surface area (Å²) < 4.78 is 55.5. The number of aliphatic hydroxyl groups is 1. The summed E-state index contributed by atoms with van der Waals surface area (Å²) in [5.41, 5.74) is 18.8. The van der Waals surface area contributed by atoms with Crippen molar-refractivity contribution in [3.05, 3.63) is 55.1 Å². The van der Waals surface area contributed by atoms with Crippen LogP contribution in [0.2, 0.25) is 0 Å². The maximum absolute atomic E-state index is 13.8. The molecule has 8 rings (SSSR count). The number of hydrogen-bond donors (Lipinski definition) is 10. The van der Waals surface area contributed by atoms with Crippen LogP contribution in [0.3, 0.4) is 0 Å². The smallest absolute Gasteiger partial charge is 0.481 e. The molecule has 4 aromatic heterocycles. The largest absolute Gasteiger partial charge is 0.508 e. The molecule has 7 heterocycles. The van der Waals surface area contributed by atoms with E-state index in [9.17, 15) is 53.2 Å². The molecular formula is C56H77N15O21P2S2. The average molecular weight is 1420 g/mol. The van der Waals surface area contributed by atoms with Crippen LogP contribution < -0.4 is 33.2 Å². The molecule has 5 aromatic rings. The van der Waals surface area contributed by atoms with Crippen LogP contribution in [0.5, 0.6) is 0 Å². The van der Waals surface area contributed by atoms with Gasteiger partial charge in [-0.15, -0.1) is 0 Å². The summed E-state index contributed by atoms with van der Waals surface area (Å²) in [6.07, 6.45) is -6.22. The molecule has 3 aliphatic heterocycles. The molecule has 3 unspecified atom stereocenters. The molecule has 40 heteroatoms. The van der Waals surface area contributed by atoms with Gasteiger partial charge in [0.15, 0.2) is 47.3 Å². The highest BCUT2D eigenvalue weighted by Gasteiger charge is 2.55. The Labute approximate surface area is 558 Å². The topological polar surface area (TPSA) is 505 Å².